The molecule has 2 atom stereocenters. The molecule has 9 heteroatoms. The molecule has 0 aromatic heterocycles. The van der Waals surface area contributed by atoms with Gasteiger partial charge in [-0.2, -0.15) is 13.2 Å². The number of hydrogen-bond donors (Lipinski definition) is 2. The molecule has 2 aliphatic carbocycles. The number of carboxylic acids is 1. The van der Waals surface area contributed by atoms with Crippen LogP contribution in [0.25, 0.3) is 11.1 Å². The largest absolute Gasteiger partial charge is 0.532 e. The van der Waals surface area contributed by atoms with E-state index in [2.05, 4.69) is 0 Å². The van der Waals surface area contributed by atoms with Gasteiger partial charge in [0.15, 0.2) is 0 Å². The van der Waals surface area contributed by atoms with Crippen molar-refractivity contribution in [1.29, 1.82) is 0 Å². The van der Waals surface area contributed by atoms with Crippen LogP contribution in [0.1, 0.15) is 54.7 Å². The Morgan fingerprint density at radius 2 is 1.54 bits per heavy atom. The molecule has 216 valence electrons. The summed E-state index contributed by atoms with van der Waals surface area (Å²) in [5.74, 6) is -1.73. The number of rotatable bonds is 12. The Morgan fingerprint density at radius 1 is 0.951 bits per heavy atom. The minimum atomic E-state index is -4.53. The Bertz CT molecular complexity index is 1490. The summed E-state index contributed by atoms with van der Waals surface area (Å²) in [6.45, 7) is 1.92. The van der Waals surface area contributed by atoms with Gasteiger partial charge in [0, 0.05) is 18.3 Å². The first kappa shape index (κ1) is 29.0. The number of aliphatic carboxylic acids is 1. The van der Waals surface area contributed by atoms with Gasteiger partial charge in [0.1, 0.15) is 18.0 Å². The van der Waals surface area contributed by atoms with Gasteiger partial charge in [0.05, 0.1) is 0 Å². The van der Waals surface area contributed by atoms with Crippen LogP contribution in [0.4, 0.5) is 4.79 Å². The van der Waals surface area contributed by atoms with Crippen LogP contribution in [-0.4, -0.2) is 55.2 Å². The minimum Gasteiger partial charge on any atom is -0.477 e. The molecular weight excluding hydrogens is 540 g/mol. The van der Waals surface area contributed by atoms with Crippen LogP contribution in [-0.2, 0) is 19.6 Å². The molecule has 3 aromatic carbocycles. The van der Waals surface area contributed by atoms with Crippen molar-refractivity contribution in [3.05, 3.63) is 89.5 Å². The molecule has 41 heavy (non-hydrogen) atoms. The fraction of sp³-hybridized carbons (Fsp3) is 0.375. The predicted octanol–water partition coefficient (Wildman–Crippen LogP) is 5.44. The molecule has 1 unspecified atom stereocenters. The third-order valence-electron chi connectivity index (χ3n) is 8.34. The van der Waals surface area contributed by atoms with E-state index >= 15 is 0 Å². The van der Waals surface area contributed by atoms with Crippen LogP contribution in [0, 0.1) is 12.8 Å². The lowest BCUT2D eigenvalue weighted by Crippen LogP contribution is -2.66. The molecule has 3 aromatic rings. The highest BCUT2D eigenvalue weighted by atomic mass is 32.2. The van der Waals surface area contributed by atoms with Crippen LogP contribution in [0.3, 0.4) is 0 Å². The van der Waals surface area contributed by atoms with Gasteiger partial charge in [-0.25, -0.2) is 4.79 Å². The molecular formula is C32H37N2O6S+. The number of aryl methyl sites for hydroxylation is 1. The number of carboxylic acid groups (broad SMARTS) is 1. The van der Waals surface area contributed by atoms with E-state index in [4.69, 9.17) is 10.5 Å². The first-order chi connectivity index (χ1) is 19.7. The zero-order chi connectivity index (χ0) is 29.2. The number of sulfonamides is 1. The molecule has 5 rings (SSSR count). The standard InChI is InChI=1S/C32H36N2O6S/c1-22-13-17-24(18-14-22)41(38,39)34(20-23-15-16-23,30(31(35)36)12-6-7-19-33)32(37)40-21-29-27-10-4-2-8-25(27)26-9-3-5-11-28(26)29/h2-5,8-11,13-14,17-18,23,29-30H,6-7,12,15-16,19-21,33H2,1H3/p+1/t30-,34?/m0/s1. The molecule has 0 bridgehead atoms. The number of nitrogens with two attached hydrogens (primary N) is 1. The lowest BCUT2D eigenvalue weighted by atomic mass is 9.98. The maximum absolute atomic E-state index is 14.5. The lowest BCUT2D eigenvalue weighted by molar-refractivity contribution is -0.754. The van der Waals surface area contributed by atoms with Crippen molar-refractivity contribution in [2.45, 2.75) is 55.9 Å². The predicted molar refractivity (Wildman–Crippen MR) is 156 cm³/mol. The maximum atomic E-state index is 14.5. The molecule has 0 aliphatic heterocycles. The lowest BCUT2D eigenvalue weighted by Gasteiger charge is -2.37. The first-order valence-corrected chi connectivity index (χ1v) is 15.6. The highest BCUT2D eigenvalue weighted by Gasteiger charge is 2.62. The number of quaternary nitrogens is 1. The number of benzene rings is 3. The van der Waals surface area contributed by atoms with E-state index in [0.717, 1.165) is 40.7 Å². The van der Waals surface area contributed by atoms with E-state index in [1.165, 1.54) is 12.1 Å². The second kappa shape index (κ2) is 11.8. The maximum Gasteiger partial charge on any atom is 0.532 e. The SMILES string of the molecule is Cc1ccc(S(=O)(=O)[N+](CC2CC2)(C(=O)OCC2c3ccccc3-c3ccccc32)[C@@H](CCCCN)C(=O)O)cc1. The summed E-state index contributed by atoms with van der Waals surface area (Å²) in [6, 6.07) is 20.4. The Balaban J connectivity index is 1.57. The number of amides is 1. The third kappa shape index (κ3) is 5.41. The number of fused-ring (bicyclic) bond motifs is 3. The molecule has 1 amide bonds. The molecule has 0 heterocycles. The number of hydrogen-bond acceptors (Lipinski definition) is 6. The molecule has 2 aliphatic rings. The number of carbonyl (C=O) groups excluding carboxylic acids is 1. The second-order valence-corrected chi connectivity index (χ2v) is 13.2. The normalized spacial score (nSPS) is 16.8. The summed E-state index contributed by atoms with van der Waals surface area (Å²) in [7, 11) is -4.53. The monoisotopic (exact) mass is 577 g/mol. The van der Waals surface area contributed by atoms with Crippen molar-refractivity contribution >= 4 is 22.1 Å². The van der Waals surface area contributed by atoms with Crippen molar-refractivity contribution < 1.29 is 31.7 Å². The Labute approximate surface area is 241 Å². The van der Waals surface area contributed by atoms with Gasteiger partial charge in [-0.1, -0.05) is 66.2 Å². The third-order valence-corrected chi connectivity index (χ3v) is 10.6. The molecule has 1 saturated carbocycles. The van der Waals surface area contributed by atoms with Crippen molar-refractivity contribution in [3.8, 4) is 11.1 Å². The quantitative estimate of drug-likeness (QED) is 0.217. The molecule has 8 nitrogen and oxygen atoms in total. The molecule has 0 radical (unpaired) electrons. The number of unbranched alkanes of at least 4 members (excludes halogenated alkanes) is 1. The minimum absolute atomic E-state index is 0.0193. The molecule has 3 N–H and O–H groups in total. The van der Waals surface area contributed by atoms with Crippen molar-refractivity contribution in [2.75, 3.05) is 19.7 Å². The first-order valence-electron chi connectivity index (χ1n) is 14.2. The van der Waals surface area contributed by atoms with Gasteiger partial charge in [-0.15, -0.1) is 3.89 Å². The zero-order valence-electron chi connectivity index (χ0n) is 23.2. The smallest absolute Gasteiger partial charge is 0.477 e. The van der Waals surface area contributed by atoms with E-state index in [9.17, 15) is 23.1 Å². The fourth-order valence-corrected chi connectivity index (χ4v) is 8.01. The summed E-state index contributed by atoms with van der Waals surface area (Å²) in [5.41, 5.74) is 10.6. The summed E-state index contributed by atoms with van der Waals surface area (Å²) in [5, 5.41) is 10.5. The van der Waals surface area contributed by atoms with Crippen LogP contribution in [0.15, 0.2) is 77.7 Å². The number of carbonyl (C=O) groups is 2. The van der Waals surface area contributed by atoms with Crippen molar-refractivity contribution in [2.24, 2.45) is 11.7 Å². The van der Waals surface area contributed by atoms with E-state index in [0.29, 0.717) is 19.4 Å². The summed E-state index contributed by atoms with van der Waals surface area (Å²) in [6.07, 6.45) is 1.29. The van der Waals surface area contributed by atoms with Gasteiger partial charge in [-0.3, -0.25) is 0 Å². The van der Waals surface area contributed by atoms with Crippen LogP contribution in [0.2, 0.25) is 0 Å². The summed E-state index contributed by atoms with van der Waals surface area (Å²) < 4.78 is 33.7. The van der Waals surface area contributed by atoms with Gasteiger partial charge in [0.2, 0.25) is 6.04 Å². The Hall–Kier alpha value is -3.53. The topological polar surface area (TPSA) is 124 Å². The highest BCUT2D eigenvalue weighted by molar-refractivity contribution is 7.86. The zero-order valence-corrected chi connectivity index (χ0v) is 24.1. The highest BCUT2D eigenvalue weighted by Crippen LogP contribution is 2.45. The second-order valence-electron chi connectivity index (χ2n) is 11.2. The summed E-state index contributed by atoms with van der Waals surface area (Å²) in [4.78, 5) is 27.1. The number of nitrogens with zero attached hydrogens (tertiary/aromatic N) is 1. The van der Waals surface area contributed by atoms with Crippen LogP contribution in [0.5, 0.6) is 0 Å². The average molecular weight is 578 g/mol. The average Bonchev–Trinajstić information content (AvgIpc) is 3.73. The van der Waals surface area contributed by atoms with Crippen LogP contribution >= 0.6 is 0 Å². The van der Waals surface area contributed by atoms with Crippen molar-refractivity contribution in [3.63, 3.8) is 0 Å². The van der Waals surface area contributed by atoms with Gasteiger partial charge < -0.3 is 15.6 Å². The van der Waals surface area contributed by atoms with E-state index in [-0.39, 0.29) is 36.3 Å². The van der Waals surface area contributed by atoms with Gasteiger partial charge in [0.25, 0.3) is 0 Å². The van der Waals surface area contributed by atoms with E-state index in [1.807, 2.05) is 55.5 Å². The van der Waals surface area contributed by atoms with E-state index in [1.54, 1.807) is 12.1 Å². The number of ether oxygens (including phenoxy) is 1. The Kier molecular flexibility index (Phi) is 8.31. The molecule has 1 fully saturated rings. The fourth-order valence-electron chi connectivity index (χ4n) is 5.97. The Morgan fingerprint density at radius 3 is 2.07 bits per heavy atom. The summed E-state index contributed by atoms with van der Waals surface area (Å²) >= 11 is 0. The molecule has 0 spiro atoms. The van der Waals surface area contributed by atoms with Crippen LogP contribution < -0.4 is 5.73 Å². The van der Waals surface area contributed by atoms with Gasteiger partial charge in [-0.05, 0) is 73.5 Å². The van der Waals surface area contributed by atoms with Gasteiger partial charge >= 0.3 is 22.1 Å². The van der Waals surface area contributed by atoms with Crippen molar-refractivity contribution in [1.82, 2.24) is 0 Å². The van der Waals surface area contributed by atoms with E-state index < -0.39 is 32.0 Å². The molecule has 0 saturated heterocycles.